The Balaban J connectivity index is 2.54. The minimum atomic E-state index is -0.564. The van der Waals surface area contributed by atoms with E-state index in [1.165, 1.54) is 0 Å². The molecule has 0 saturated heterocycles. The zero-order chi connectivity index (χ0) is 12.8. The van der Waals surface area contributed by atoms with Crippen molar-refractivity contribution in [2.24, 2.45) is 5.73 Å². The fraction of sp³-hybridized carbons (Fsp3) is 0.636. The second-order valence-corrected chi connectivity index (χ2v) is 4.19. The van der Waals surface area contributed by atoms with Crippen LogP contribution in [0.25, 0.3) is 0 Å². The number of rotatable bonds is 6. The van der Waals surface area contributed by atoms with Gasteiger partial charge < -0.3 is 20.9 Å². The van der Waals surface area contributed by atoms with Crippen LogP contribution in [0, 0.1) is 0 Å². The zero-order valence-electron chi connectivity index (χ0n) is 10.4. The summed E-state index contributed by atoms with van der Waals surface area (Å²) >= 11 is 0. The van der Waals surface area contributed by atoms with Gasteiger partial charge >= 0.3 is 0 Å². The molecule has 96 valence electrons. The number of ether oxygens (including phenoxy) is 1. The van der Waals surface area contributed by atoms with Crippen LogP contribution in [-0.4, -0.2) is 39.9 Å². The maximum atomic E-state index is 9.25. The van der Waals surface area contributed by atoms with Crippen LogP contribution < -0.4 is 15.8 Å². The number of aromatic nitrogens is 2. The molecular weight excluding hydrogens is 220 g/mol. The van der Waals surface area contributed by atoms with E-state index in [4.69, 9.17) is 10.5 Å². The summed E-state index contributed by atoms with van der Waals surface area (Å²) in [5.41, 5.74) is 5.69. The van der Waals surface area contributed by atoms with Crippen molar-refractivity contribution >= 4 is 5.82 Å². The van der Waals surface area contributed by atoms with Gasteiger partial charge in [-0.25, -0.2) is 0 Å². The topological polar surface area (TPSA) is 93.3 Å². The third-order valence-corrected chi connectivity index (χ3v) is 2.11. The molecule has 1 aromatic rings. The van der Waals surface area contributed by atoms with E-state index >= 15 is 0 Å². The molecule has 0 aliphatic heterocycles. The fourth-order valence-corrected chi connectivity index (χ4v) is 1.12. The van der Waals surface area contributed by atoms with Crippen LogP contribution in [-0.2, 0) is 0 Å². The highest BCUT2D eigenvalue weighted by Crippen LogP contribution is 2.10. The van der Waals surface area contributed by atoms with Crippen LogP contribution in [0.1, 0.15) is 20.8 Å². The summed E-state index contributed by atoms with van der Waals surface area (Å²) in [6, 6.07) is -0.341. The van der Waals surface area contributed by atoms with Crippen LogP contribution in [0.3, 0.4) is 0 Å². The van der Waals surface area contributed by atoms with E-state index in [0.717, 1.165) is 0 Å². The van der Waals surface area contributed by atoms with Crippen molar-refractivity contribution in [2.45, 2.75) is 39.0 Å². The lowest BCUT2D eigenvalue weighted by molar-refractivity contribution is 0.168. The maximum absolute atomic E-state index is 9.25. The SMILES string of the molecule is CC(C)Oc1cncc(NCC(N)C(C)O)n1. The molecule has 0 bridgehead atoms. The van der Waals surface area contributed by atoms with E-state index in [0.29, 0.717) is 18.2 Å². The number of hydrogen-bond acceptors (Lipinski definition) is 6. The third-order valence-electron chi connectivity index (χ3n) is 2.11. The third kappa shape index (κ3) is 4.97. The van der Waals surface area contributed by atoms with Crippen molar-refractivity contribution in [3.05, 3.63) is 12.4 Å². The van der Waals surface area contributed by atoms with Gasteiger partial charge in [-0.15, -0.1) is 0 Å². The van der Waals surface area contributed by atoms with Gasteiger partial charge in [-0.1, -0.05) is 0 Å². The first-order valence-electron chi connectivity index (χ1n) is 5.65. The Labute approximate surface area is 101 Å². The largest absolute Gasteiger partial charge is 0.474 e. The number of aliphatic hydroxyl groups is 1. The summed E-state index contributed by atoms with van der Waals surface area (Å²) in [5.74, 6) is 1.05. The molecule has 0 fully saturated rings. The molecule has 0 aromatic carbocycles. The number of hydrogen-bond donors (Lipinski definition) is 3. The smallest absolute Gasteiger partial charge is 0.234 e. The Morgan fingerprint density at radius 2 is 2.12 bits per heavy atom. The second-order valence-electron chi connectivity index (χ2n) is 4.19. The lowest BCUT2D eigenvalue weighted by Gasteiger charge is -2.16. The quantitative estimate of drug-likeness (QED) is 0.665. The molecule has 4 N–H and O–H groups in total. The minimum Gasteiger partial charge on any atom is -0.474 e. The average molecular weight is 240 g/mol. The standard InChI is InChI=1S/C11H20N4O2/c1-7(2)17-11-6-13-5-10(15-11)14-4-9(12)8(3)16/h5-9,16H,4,12H2,1-3H3,(H,14,15). The first-order chi connectivity index (χ1) is 7.99. The van der Waals surface area contributed by atoms with Gasteiger partial charge in [0.15, 0.2) is 0 Å². The Morgan fingerprint density at radius 1 is 1.41 bits per heavy atom. The highest BCUT2D eigenvalue weighted by Gasteiger charge is 2.09. The summed E-state index contributed by atoms with van der Waals surface area (Å²) < 4.78 is 5.41. The fourth-order valence-electron chi connectivity index (χ4n) is 1.12. The molecule has 6 nitrogen and oxygen atoms in total. The number of aliphatic hydroxyl groups excluding tert-OH is 1. The molecular formula is C11H20N4O2. The van der Waals surface area contributed by atoms with Gasteiger partial charge in [0.1, 0.15) is 5.82 Å². The van der Waals surface area contributed by atoms with Crippen molar-refractivity contribution < 1.29 is 9.84 Å². The second kappa shape index (κ2) is 6.36. The molecule has 1 aromatic heterocycles. The van der Waals surface area contributed by atoms with Gasteiger partial charge in [-0.05, 0) is 20.8 Å². The number of anilines is 1. The van der Waals surface area contributed by atoms with Gasteiger partial charge in [0, 0.05) is 12.6 Å². The van der Waals surface area contributed by atoms with Crippen LogP contribution >= 0.6 is 0 Å². The van der Waals surface area contributed by atoms with E-state index in [-0.39, 0.29) is 12.1 Å². The van der Waals surface area contributed by atoms with Gasteiger partial charge in [-0.2, -0.15) is 4.98 Å². The summed E-state index contributed by atoms with van der Waals surface area (Å²) in [6.45, 7) is 5.92. The molecule has 0 saturated carbocycles. The molecule has 0 amide bonds. The molecule has 1 rings (SSSR count). The Hall–Kier alpha value is -1.40. The number of nitrogens with one attached hydrogen (secondary N) is 1. The number of nitrogens with zero attached hydrogens (tertiary/aromatic N) is 2. The van der Waals surface area contributed by atoms with Gasteiger partial charge in [-0.3, -0.25) is 4.98 Å². The van der Waals surface area contributed by atoms with Gasteiger partial charge in [0.25, 0.3) is 0 Å². The van der Waals surface area contributed by atoms with Crippen molar-refractivity contribution in [2.75, 3.05) is 11.9 Å². The Kier molecular flexibility index (Phi) is 5.11. The van der Waals surface area contributed by atoms with Crippen LogP contribution in [0.15, 0.2) is 12.4 Å². The Bertz CT molecular complexity index is 344. The van der Waals surface area contributed by atoms with Crippen molar-refractivity contribution in [3.8, 4) is 5.88 Å². The summed E-state index contributed by atoms with van der Waals surface area (Å²) in [7, 11) is 0. The average Bonchev–Trinajstić information content (AvgIpc) is 2.25. The summed E-state index contributed by atoms with van der Waals surface area (Å²) in [5, 5.41) is 12.2. The zero-order valence-corrected chi connectivity index (χ0v) is 10.4. The van der Waals surface area contributed by atoms with Gasteiger partial charge in [0.2, 0.25) is 5.88 Å². The van der Waals surface area contributed by atoms with E-state index in [2.05, 4.69) is 15.3 Å². The lowest BCUT2D eigenvalue weighted by Crippen LogP contribution is -2.38. The van der Waals surface area contributed by atoms with Crippen molar-refractivity contribution in [1.29, 1.82) is 0 Å². The molecule has 0 aliphatic rings. The predicted octanol–water partition coefficient (Wildman–Crippen LogP) is 0.384. The van der Waals surface area contributed by atoms with E-state index < -0.39 is 6.10 Å². The highest BCUT2D eigenvalue weighted by atomic mass is 16.5. The summed E-state index contributed by atoms with van der Waals surface area (Å²) in [6.07, 6.45) is 2.63. The molecule has 0 aliphatic carbocycles. The number of nitrogens with two attached hydrogens (primary N) is 1. The van der Waals surface area contributed by atoms with Crippen LogP contribution in [0.4, 0.5) is 5.82 Å². The highest BCUT2D eigenvalue weighted by molar-refractivity contribution is 5.33. The van der Waals surface area contributed by atoms with Crippen molar-refractivity contribution in [1.82, 2.24) is 9.97 Å². The van der Waals surface area contributed by atoms with E-state index in [9.17, 15) is 5.11 Å². The molecule has 17 heavy (non-hydrogen) atoms. The van der Waals surface area contributed by atoms with E-state index in [1.807, 2.05) is 13.8 Å². The summed E-state index contributed by atoms with van der Waals surface area (Å²) in [4.78, 5) is 8.22. The first kappa shape index (κ1) is 13.7. The molecule has 0 radical (unpaired) electrons. The molecule has 0 spiro atoms. The van der Waals surface area contributed by atoms with Crippen LogP contribution in [0.2, 0.25) is 0 Å². The minimum absolute atomic E-state index is 0.0549. The molecule has 1 heterocycles. The lowest BCUT2D eigenvalue weighted by atomic mass is 10.2. The van der Waals surface area contributed by atoms with Crippen LogP contribution in [0.5, 0.6) is 5.88 Å². The molecule has 6 heteroatoms. The molecule has 2 atom stereocenters. The maximum Gasteiger partial charge on any atom is 0.234 e. The predicted molar refractivity (Wildman–Crippen MR) is 65.9 cm³/mol. The normalized spacial score (nSPS) is 14.5. The Morgan fingerprint density at radius 3 is 2.71 bits per heavy atom. The monoisotopic (exact) mass is 240 g/mol. The van der Waals surface area contributed by atoms with E-state index in [1.54, 1.807) is 19.3 Å². The first-order valence-corrected chi connectivity index (χ1v) is 5.65. The molecule has 2 unspecified atom stereocenters. The van der Waals surface area contributed by atoms with Gasteiger partial charge in [0.05, 0.1) is 24.6 Å². The van der Waals surface area contributed by atoms with Crippen molar-refractivity contribution in [3.63, 3.8) is 0 Å².